The highest BCUT2D eigenvalue weighted by atomic mass is 32.1. The Hall–Kier alpha value is -1.21. The standard InChI is InChI=1S/C11H18N2O3SSi/c1-11(2,3)18(4,5)16-12-6-9-13-8(7-17-9)10(14)15/h6-7H,1-5H3,(H,14,15)/b12-6+. The molecule has 1 heterocycles. The largest absolute Gasteiger partial charge is 0.476 e. The lowest BCUT2D eigenvalue weighted by atomic mass is 10.2. The predicted octanol–water partition coefficient (Wildman–Crippen LogP) is 3.20. The summed E-state index contributed by atoms with van der Waals surface area (Å²) in [7, 11) is -1.91. The molecule has 0 unspecified atom stereocenters. The molecule has 0 fully saturated rings. The zero-order valence-electron chi connectivity index (χ0n) is 11.2. The number of hydrogen-bond acceptors (Lipinski definition) is 5. The number of thiazole rings is 1. The van der Waals surface area contributed by atoms with E-state index in [9.17, 15) is 4.79 Å². The number of carboxylic acid groups (broad SMARTS) is 1. The van der Waals surface area contributed by atoms with Crippen LogP contribution in [0.5, 0.6) is 0 Å². The molecular formula is C11H18N2O3SSi. The van der Waals surface area contributed by atoms with E-state index in [4.69, 9.17) is 9.63 Å². The Morgan fingerprint density at radius 3 is 2.61 bits per heavy atom. The van der Waals surface area contributed by atoms with Gasteiger partial charge < -0.3 is 9.63 Å². The van der Waals surface area contributed by atoms with Crippen molar-refractivity contribution < 1.29 is 14.4 Å². The number of aromatic nitrogens is 1. The molecule has 0 amide bonds. The van der Waals surface area contributed by atoms with Gasteiger partial charge in [0.2, 0.25) is 0 Å². The highest BCUT2D eigenvalue weighted by Crippen LogP contribution is 2.36. The number of rotatable bonds is 4. The van der Waals surface area contributed by atoms with Crippen molar-refractivity contribution >= 4 is 31.8 Å². The van der Waals surface area contributed by atoms with E-state index in [1.165, 1.54) is 22.9 Å². The van der Waals surface area contributed by atoms with Gasteiger partial charge in [-0.05, 0) is 18.1 Å². The molecule has 0 bridgehead atoms. The maximum Gasteiger partial charge on any atom is 0.355 e. The van der Waals surface area contributed by atoms with Gasteiger partial charge in [0.15, 0.2) is 5.69 Å². The summed E-state index contributed by atoms with van der Waals surface area (Å²) in [5, 5.41) is 14.8. The van der Waals surface area contributed by atoms with E-state index in [1.54, 1.807) is 0 Å². The summed E-state index contributed by atoms with van der Waals surface area (Å²) in [5.74, 6) is -1.03. The topological polar surface area (TPSA) is 71.8 Å². The first-order valence-corrected chi connectivity index (χ1v) is 9.32. The van der Waals surface area contributed by atoms with E-state index in [-0.39, 0.29) is 10.7 Å². The Balaban J connectivity index is 2.68. The Morgan fingerprint density at radius 2 is 2.17 bits per heavy atom. The number of carboxylic acids is 1. The first-order chi connectivity index (χ1) is 8.13. The van der Waals surface area contributed by atoms with Crippen molar-refractivity contribution in [1.29, 1.82) is 0 Å². The van der Waals surface area contributed by atoms with E-state index in [1.807, 2.05) is 0 Å². The maximum absolute atomic E-state index is 10.7. The van der Waals surface area contributed by atoms with Crippen LogP contribution in [0.3, 0.4) is 0 Å². The van der Waals surface area contributed by atoms with E-state index >= 15 is 0 Å². The third-order valence-electron chi connectivity index (χ3n) is 2.99. The highest BCUT2D eigenvalue weighted by molar-refractivity contribution is 7.11. The minimum Gasteiger partial charge on any atom is -0.476 e. The molecule has 1 N–H and O–H groups in total. The summed E-state index contributed by atoms with van der Waals surface area (Å²) in [4.78, 5) is 14.6. The lowest BCUT2D eigenvalue weighted by Gasteiger charge is -2.32. The van der Waals surface area contributed by atoms with Gasteiger partial charge in [0.1, 0.15) is 11.2 Å². The first kappa shape index (κ1) is 14.8. The molecule has 0 spiro atoms. The van der Waals surface area contributed by atoms with Crippen molar-refractivity contribution in [2.45, 2.75) is 38.9 Å². The molecule has 0 aliphatic carbocycles. The molecule has 1 aromatic heterocycles. The second-order valence-corrected chi connectivity index (χ2v) is 11.1. The SMILES string of the molecule is CC(C)(C)[Si](C)(C)O/N=C/c1nc(C(=O)O)cs1. The quantitative estimate of drug-likeness (QED) is 0.524. The lowest BCUT2D eigenvalue weighted by molar-refractivity contribution is 0.0691. The molecule has 100 valence electrons. The second kappa shape index (κ2) is 5.19. The minimum atomic E-state index is -1.91. The molecule has 0 radical (unpaired) electrons. The summed E-state index contributed by atoms with van der Waals surface area (Å²) < 4.78 is 5.60. The Bertz CT molecular complexity index is 463. The van der Waals surface area contributed by atoms with Crippen LogP contribution in [0.2, 0.25) is 18.1 Å². The van der Waals surface area contributed by atoms with Gasteiger partial charge >= 0.3 is 5.97 Å². The van der Waals surface area contributed by atoms with Crippen LogP contribution in [0, 0.1) is 0 Å². The molecule has 0 saturated carbocycles. The van der Waals surface area contributed by atoms with Crippen LogP contribution in [-0.2, 0) is 4.53 Å². The molecule has 0 aliphatic heterocycles. The van der Waals surface area contributed by atoms with Crippen LogP contribution in [0.15, 0.2) is 10.5 Å². The molecule has 1 aromatic rings. The van der Waals surface area contributed by atoms with Crippen LogP contribution in [0.4, 0.5) is 0 Å². The minimum absolute atomic E-state index is 0.0359. The van der Waals surface area contributed by atoms with Gasteiger partial charge in [-0.3, -0.25) is 0 Å². The second-order valence-electron chi connectivity index (χ2n) is 5.46. The van der Waals surface area contributed by atoms with Gasteiger partial charge in [-0.2, -0.15) is 0 Å². The monoisotopic (exact) mass is 286 g/mol. The van der Waals surface area contributed by atoms with E-state index in [0.29, 0.717) is 5.01 Å². The first-order valence-electron chi connectivity index (χ1n) is 5.54. The van der Waals surface area contributed by atoms with Gasteiger partial charge in [0.25, 0.3) is 8.32 Å². The van der Waals surface area contributed by atoms with Crippen molar-refractivity contribution in [3.63, 3.8) is 0 Å². The average Bonchev–Trinajstić information content (AvgIpc) is 2.64. The van der Waals surface area contributed by atoms with Gasteiger partial charge in [0, 0.05) is 5.38 Å². The predicted molar refractivity (Wildman–Crippen MR) is 74.9 cm³/mol. The van der Waals surface area contributed by atoms with Crippen LogP contribution < -0.4 is 0 Å². The molecule has 1 rings (SSSR count). The molecule has 5 nitrogen and oxygen atoms in total. The lowest BCUT2D eigenvalue weighted by Crippen LogP contribution is -2.39. The molecule has 0 aromatic carbocycles. The maximum atomic E-state index is 10.7. The number of nitrogens with zero attached hydrogens (tertiary/aromatic N) is 2. The van der Waals surface area contributed by atoms with Gasteiger partial charge in [-0.1, -0.05) is 20.8 Å². The highest BCUT2D eigenvalue weighted by Gasteiger charge is 2.39. The smallest absolute Gasteiger partial charge is 0.355 e. The third kappa shape index (κ3) is 3.64. The molecule has 0 atom stereocenters. The molecule has 7 heteroatoms. The molecule has 0 saturated heterocycles. The van der Waals surface area contributed by atoms with E-state index in [2.05, 4.69) is 44.0 Å². The Morgan fingerprint density at radius 1 is 1.56 bits per heavy atom. The summed E-state index contributed by atoms with van der Waals surface area (Å²) in [6.45, 7) is 10.6. The number of oxime groups is 1. The average molecular weight is 286 g/mol. The molecule has 0 aliphatic rings. The zero-order valence-corrected chi connectivity index (χ0v) is 13.0. The molecular weight excluding hydrogens is 268 g/mol. The fourth-order valence-electron chi connectivity index (χ4n) is 0.785. The number of carbonyl (C=O) groups is 1. The number of aromatic carboxylic acids is 1. The van der Waals surface area contributed by atoms with Crippen LogP contribution >= 0.6 is 11.3 Å². The van der Waals surface area contributed by atoms with Gasteiger partial charge in [0.05, 0.1) is 0 Å². The summed E-state index contributed by atoms with van der Waals surface area (Å²) >= 11 is 1.23. The van der Waals surface area contributed by atoms with Gasteiger partial charge in [-0.25, -0.2) is 9.78 Å². The van der Waals surface area contributed by atoms with Crippen molar-refractivity contribution in [2.75, 3.05) is 0 Å². The van der Waals surface area contributed by atoms with E-state index in [0.717, 1.165) is 0 Å². The van der Waals surface area contributed by atoms with Crippen LogP contribution in [0.25, 0.3) is 0 Å². The fraction of sp³-hybridized carbons (Fsp3) is 0.545. The zero-order chi connectivity index (χ0) is 14.0. The van der Waals surface area contributed by atoms with Crippen molar-refractivity contribution in [3.05, 3.63) is 16.1 Å². The van der Waals surface area contributed by atoms with Crippen LogP contribution in [0.1, 0.15) is 36.3 Å². The van der Waals surface area contributed by atoms with Crippen molar-refractivity contribution in [2.24, 2.45) is 5.16 Å². The fourth-order valence-corrected chi connectivity index (χ4v) is 2.02. The third-order valence-corrected chi connectivity index (χ3v) is 7.94. The van der Waals surface area contributed by atoms with Crippen LogP contribution in [-0.4, -0.2) is 30.6 Å². The molecule has 18 heavy (non-hydrogen) atoms. The van der Waals surface area contributed by atoms with Crippen molar-refractivity contribution in [3.8, 4) is 0 Å². The summed E-state index contributed by atoms with van der Waals surface area (Å²) in [5.41, 5.74) is 0.0359. The Labute approximate surface area is 112 Å². The van der Waals surface area contributed by atoms with Crippen molar-refractivity contribution in [1.82, 2.24) is 4.98 Å². The number of hydrogen-bond donors (Lipinski definition) is 1. The normalized spacial score (nSPS) is 12.9. The summed E-state index contributed by atoms with van der Waals surface area (Å²) in [6, 6.07) is 0. The van der Waals surface area contributed by atoms with E-state index < -0.39 is 14.3 Å². The van der Waals surface area contributed by atoms with Gasteiger partial charge in [-0.15, -0.1) is 16.5 Å². The Kier molecular flexibility index (Phi) is 4.28. The summed E-state index contributed by atoms with van der Waals surface area (Å²) in [6.07, 6.45) is 1.47.